The predicted octanol–water partition coefficient (Wildman–Crippen LogP) is 2.91. The maximum atomic E-state index is 5.84. The number of allylic oxidation sites excluding steroid dienone is 1. The first-order chi connectivity index (χ1) is 8.29. The minimum absolute atomic E-state index is 0.754. The molecule has 2 rings (SSSR count). The number of rotatable bonds is 4. The van der Waals surface area contributed by atoms with E-state index in [1.807, 2.05) is 24.3 Å². The molecule has 0 aromatic heterocycles. The molecule has 4 heteroatoms. The van der Waals surface area contributed by atoms with E-state index in [9.17, 15) is 0 Å². The topological polar surface area (TPSA) is 36.1 Å². The molecular formula is C13H18ClN3. The van der Waals surface area contributed by atoms with Gasteiger partial charge >= 0.3 is 0 Å². The summed E-state index contributed by atoms with van der Waals surface area (Å²) in [6.07, 6.45) is 2.15. The standard InChI is InChI=1S/C13H18ClN3/c1-2-13(10-7-8-15-9-10)17-16-12-5-3-11(14)4-6-12/h3-6,15-17H,2,7-9H2,1H3. The quantitative estimate of drug-likeness (QED) is 0.721. The van der Waals surface area contributed by atoms with Crippen molar-refractivity contribution in [2.45, 2.75) is 19.8 Å². The van der Waals surface area contributed by atoms with Crippen LogP contribution in [0.2, 0.25) is 5.02 Å². The average Bonchev–Trinajstić information content (AvgIpc) is 2.86. The van der Waals surface area contributed by atoms with Crippen LogP contribution in [0, 0.1) is 0 Å². The Morgan fingerprint density at radius 3 is 2.71 bits per heavy atom. The molecule has 0 spiro atoms. The average molecular weight is 252 g/mol. The molecular weight excluding hydrogens is 234 g/mol. The van der Waals surface area contributed by atoms with Gasteiger partial charge in [0.25, 0.3) is 0 Å². The summed E-state index contributed by atoms with van der Waals surface area (Å²) in [6, 6.07) is 7.67. The van der Waals surface area contributed by atoms with Crippen LogP contribution < -0.4 is 16.2 Å². The van der Waals surface area contributed by atoms with Gasteiger partial charge in [0, 0.05) is 17.3 Å². The Balaban J connectivity index is 1.96. The maximum absolute atomic E-state index is 5.84. The van der Waals surface area contributed by atoms with E-state index in [0.717, 1.165) is 36.6 Å². The lowest BCUT2D eigenvalue weighted by atomic mass is 10.1. The van der Waals surface area contributed by atoms with Crippen molar-refractivity contribution in [2.24, 2.45) is 0 Å². The van der Waals surface area contributed by atoms with Crippen LogP contribution >= 0.6 is 11.6 Å². The number of hydrogen-bond acceptors (Lipinski definition) is 3. The van der Waals surface area contributed by atoms with Crippen molar-refractivity contribution >= 4 is 17.3 Å². The molecule has 0 aliphatic carbocycles. The zero-order valence-corrected chi connectivity index (χ0v) is 10.8. The van der Waals surface area contributed by atoms with E-state index in [4.69, 9.17) is 11.6 Å². The van der Waals surface area contributed by atoms with Crippen molar-refractivity contribution in [2.75, 3.05) is 18.5 Å². The minimum Gasteiger partial charge on any atom is -0.313 e. The summed E-state index contributed by atoms with van der Waals surface area (Å²) in [4.78, 5) is 0. The summed E-state index contributed by atoms with van der Waals surface area (Å²) in [7, 11) is 0. The van der Waals surface area contributed by atoms with Gasteiger partial charge in [-0.3, -0.25) is 0 Å². The molecule has 1 saturated heterocycles. The molecule has 0 unspecified atom stereocenters. The summed E-state index contributed by atoms with van der Waals surface area (Å²) in [5.74, 6) is 0. The van der Waals surface area contributed by atoms with Gasteiger partial charge in [-0.25, -0.2) is 0 Å². The summed E-state index contributed by atoms with van der Waals surface area (Å²) < 4.78 is 0. The van der Waals surface area contributed by atoms with Gasteiger partial charge in [-0.1, -0.05) is 18.5 Å². The fourth-order valence-corrected chi connectivity index (χ4v) is 2.06. The van der Waals surface area contributed by atoms with Gasteiger partial charge in [0.2, 0.25) is 0 Å². The Labute approximate surface area is 107 Å². The third kappa shape index (κ3) is 3.38. The van der Waals surface area contributed by atoms with Crippen LogP contribution in [0.4, 0.5) is 5.69 Å². The molecule has 1 aliphatic heterocycles. The highest BCUT2D eigenvalue weighted by atomic mass is 35.5. The lowest BCUT2D eigenvalue weighted by Crippen LogP contribution is -2.22. The molecule has 17 heavy (non-hydrogen) atoms. The van der Waals surface area contributed by atoms with E-state index < -0.39 is 0 Å². The van der Waals surface area contributed by atoms with E-state index in [2.05, 4.69) is 23.1 Å². The van der Waals surface area contributed by atoms with Crippen molar-refractivity contribution < 1.29 is 0 Å². The molecule has 1 aromatic rings. The fourth-order valence-electron chi connectivity index (χ4n) is 1.93. The summed E-state index contributed by atoms with van der Waals surface area (Å²) in [5, 5.41) is 4.10. The number of nitrogens with one attached hydrogen (secondary N) is 3. The Morgan fingerprint density at radius 1 is 1.35 bits per heavy atom. The summed E-state index contributed by atoms with van der Waals surface area (Å²) >= 11 is 5.84. The Morgan fingerprint density at radius 2 is 2.12 bits per heavy atom. The van der Waals surface area contributed by atoms with E-state index in [0.29, 0.717) is 0 Å². The Kier molecular flexibility index (Phi) is 4.29. The molecule has 1 aliphatic rings. The van der Waals surface area contributed by atoms with Gasteiger partial charge < -0.3 is 16.2 Å². The molecule has 0 saturated carbocycles. The second-order valence-electron chi connectivity index (χ2n) is 4.12. The van der Waals surface area contributed by atoms with Crippen molar-refractivity contribution in [1.82, 2.24) is 10.7 Å². The lowest BCUT2D eigenvalue weighted by molar-refractivity contribution is 0.843. The number of benzene rings is 1. The summed E-state index contributed by atoms with van der Waals surface area (Å²) in [5.41, 5.74) is 10.3. The van der Waals surface area contributed by atoms with Crippen LogP contribution in [0.1, 0.15) is 19.8 Å². The van der Waals surface area contributed by atoms with Crippen molar-refractivity contribution in [1.29, 1.82) is 0 Å². The van der Waals surface area contributed by atoms with Crippen LogP contribution in [0.25, 0.3) is 0 Å². The van der Waals surface area contributed by atoms with Crippen LogP contribution in [-0.4, -0.2) is 13.1 Å². The molecule has 3 N–H and O–H groups in total. The maximum Gasteiger partial charge on any atom is 0.0540 e. The predicted molar refractivity (Wildman–Crippen MR) is 73.0 cm³/mol. The van der Waals surface area contributed by atoms with E-state index in [1.54, 1.807) is 0 Å². The smallest absolute Gasteiger partial charge is 0.0540 e. The molecule has 0 radical (unpaired) electrons. The first-order valence-corrected chi connectivity index (χ1v) is 6.36. The van der Waals surface area contributed by atoms with Crippen LogP contribution in [0.3, 0.4) is 0 Å². The van der Waals surface area contributed by atoms with Gasteiger partial charge in [-0.2, -0.15) is 0 Å². The zero-order valence-electron chi connectivity index (χ0n) is 10.0. The first kappa shape index (κ1) is 12.3. The molecule has 1 fully saturated rings. The Hall–Kier alpha value is -1.19. The monoisotopic (exact) mass is 251 g/mol. The highest BCUT2D eigenvalue weighted by molar-refractivity contribution is 6.30. The molecule has 3 nitrogen and oxygen atoms in total. The number of halogens is 1. The second-order valence-corrected chi connectivity index (χ2v) is 4.56. The van der Waals surface area contributed by atoms with Crippen LogP contribution in [0.15, 0.2) is 35.5 Å². The minimum atomic E-state index is 0.754. The van der Waals surface area contributed by atoms with Crippen molar-refractivity contribution in [3.8, 4) is 0 Å². The van der Waals surface area contributed by atoms with Crippen LogP contribution in [0.5, 0.6) is 0 Å². The van der Waals surface area contributed by atoms with Crippen molar-refractivity contribution in [3.63, 3.8) is 0 Å². The normalized spacial score (nSPS) is 18.0. The summed E-state index contributed by atoms with van der Waals surface area (Å²) in [6.45, 7) is 4.25. The lowest BCUT2D eigenvalue weighted by Gasteiger charge is -2.14. The zero-order chi connectivity index (χ0) is 12.1. The largest absolute Gasteiger partial charge is 0.313 e. The third-order valence-corrected chi connectivity index (χ3v) is 3.18. The Bertz CT molecular complexity index is 390. The van der Waals surface area contributed by atoms with Gasteiger partial charge in [0.1, 0.15) is 0 Å². The third-order valence-electron chi connectivity index (χ3n) is 2.92. The number of hydrogen-bond donors (Lipinski definition) is 3. The van der Waals surface area contributed by atoms with E-state index in [1.165, 1.54) is 11.3 Å². The van der Waals surface area contributed by atoms with Crippen LogP contribution in [-0.2, 0) is 0 Å². The number of hydrazine groups is 1. The van der Waals surface area contributed by atoms with Crippen molar-refractivity contribution in [3.05, 3.63) is 40.6 Å². The highest BCUT2D eigenvalue weighted by Gasteiger charge is 2.10. The molecule has 0 atom stereocenters. The first-order valence-electron chi connectivity index (χ1n) is 5.99. The number of anilines is 1. The highest BCUT2D eigenvalue weighted by Crippen LogP contribution is 2.15. The fraction of sp³-hybridized carbons (Fsp3) is 0.385. The van der Waals surface area contributed by atoms with Gasteiger partial charge in [-0.15, -0.1) is 0 Å². The van der Waals surface area contributed by atoms with E-state index in [-0.39, 0.29) is 0 Å². The van der Waals surface area contributed by atoms with Gasteiger partial charge in [0.05, 0.1) is 5.69 Å². The molecule has 0 amide bonds. The van der Waals surface area contributed by atoms with Gasteiger partial charge in [0.15, 0.2) is 0 Å². The molecule has 1 heterocycles. The molecule has 1 aromatic carbocycles. The second kappa shape index (κ2) is 5.94. The van der Waals surface area contributed by atoms with E-state index >= 15 is 0 Å². The SMILES string of the molecule is CCC(NNc1ccc(Cl)cc1)=C1CCNC1. The van der Waals surface area contributed by atoms with Gasteiger partial charge in [-0.05, 0) is 49.2 Å². The molecule has 92 valence electrons. The molecule has 0 bridgehead atoms.